The molecular formula is C81H105F3N18O9Si3. The number of carbonyl (C=O) groups excluding carboxylic acids is 3. The Labute approximate surface area is 663 Å². The molecule has 1 unspecified atom stereocenters. The number of fused-ring (bicyclic) bond motifs is 6. The first-order valence-electron chi connectivity index (χ1n) is 39.3. The second kappa shape index (κ2) is 34.9. The second-order valence-electron chi connectivity index (χ2n) is 33.7. The van der Waals surface area contributed by atoms with Crippen LogP contribution in [0.1, 0.15) is 90.4 Å². The van der Waals surface area contributed by atoms with Gasteiger partial charge in [-0.1, -0.05) is 58.9 Å². The van der Waals surface area contributed by atoms with Crippen LogP contribution >= 0.6 is 0 Å². The van der Waals surface area contributed by atoms with Crippen LogP contribution in [0.5, 0.6) is 0 Å². The molecule has 9 aromatic heterocycles. The number of aromatic nitrogens is 15. The summed E-state index contributed by atoms with van der Waals surface area (Å²) in [7, 11) is 1.58. The van der Waals surface area contributed by atoms with Gasteiger partial charge in [0.1, 0.15) is 88.4 Å². The molecule has 0 aliphatic carbocycles. The molecule has 15 rings (SSSR count). The van der Waals surface area contributed by atoms with Crippen LogP contribution in [-0.4, -0.2) is 191 Å². The lowest BCUT2D eigenvalue weighted by molar-refractivity contribution is 0.0709. The van der Waals surface area contributed by atoms with Gasteiger partial charge in [0, 0.05) is 120 Å². The monoisotopic (exact) mass is 1610 g/mol. The van der Waals surface area contributed by atoms with Crippen LogP contribution in [0.15, 0.2) is 91.8 Å². The molecular weight excluding hydrogens is 1510 g/mol. The fraction of sp³-hybridized carbons (Fsp3) is 0.481. The molecule has 3 saturated heterocycles. The number of hydrogen-bond acceptors (Lipinski definition) is 18. The van der Waals surface area contributed by atoms with E-state index in [1.54, 1.807) is 90.6 Å². The summed E-state index contributed by atoms with van der Waals surface area (Å²) in [6, 6.07) is 16.3. The van der Waals surface area contributed by atoms with Crippen molar-refractivity contribution in [1.82, 2.24) is 88.9 Å². The number of halogens is 3. The molecule has 3 amide bonds. The highest BCUT2D eigenvalue weighted by atomic mass is 28.3. The Kier molecular flexibility index (Phi) is 25.3. The van der Waals surface area contributed by atoms with E-state index in [1.165, 1.54) is 36.4 Å². The van der Waals surface area contributed by atoms with Gasteiger partial charge in [0.25, 0.3) is 17.7 Å². The molecule has 0 radical (unpaired) electrons. The molecule has 3 aliphatic rings. The number of hydrogen-bond donors (Lipinski definition) is 3. The first kappa shape index (κ1) is 82.5. The largest absolute Gasteiger partial charge is 0.376 e. The number of benzene rings is 3. The van der Waals surface area contributed by atoms with E-state index < -0.39 is 24.2 Å². The zero-order valence-electron chi connectivity index (χ0n) is 67.9. The lowest BCUT2D eigenvalue weighted by Crippen LogP contribution is -2.40. The predicted molar refractivity (Wildman–Crippen MR) is 442 cm³/mol. The number of carbonyl (C=O) groups is 3. The molecule has 606 valence electrons. The maximum absolute atomic E-state index is 13.9. The van der Waals surface area contributed by atoms with Crippen LogP contribution in [0.3, 0.4) is 0 Å². The summed E-state index contributed by atoms with van der Waals surface area (Å²) in [5.74, 6) is -1.72. The van der Waals surface area contributed by atoms with E-state index in [1.807, 2.05) is 34.5 Å². The number of nitrogens with zero attached hydrogens (tertiary/aromatic N) is 15. The van der Waals surface area contributed by atoms with Gasteiger partial charge in [-0.3, -0.25) is 28.4 Å². The standard InChI is InChI=1S/3C27H35FN6O3Si/c3*1-17(23-7-6-10-37-23)30-27(35)20-15-34(16-36-11-12-38(3,4)5)26-25(20)31-21(14-29-26)24-19-9-8-18(28)13-22(19)33(2)32-24/h3*8-9,13-15,17,23H,6-7,10-12,16H2,1-5H3,(H,30,35)/t17-,23?;17-,23+;17-,23-/m111/s1. The van der Waals surface area contributed by atoms with E-state index >= 15 is 0 Å². The second-order valence-corrected chi connectivity index (χ2v) is 50.6. The van der Waals surface area contributed by atoms with Crippen molar-refractivity contribution in [2.75, 3.05) is 39.6 Å². The highest BCUT2D eigenvalue weighted by Gasteiger charge is 2.32. The molecule has 3 fully saturated rings. The van der Waals surface area contributed by atoms with Gasteiger partial charge >= 0.3 is 0 Å². The molecule has 0 spiro atoms. The third kappa shape index (κ3) is 19.4. The lowest BCUT2D eigenvalue weighted by atomic mass is 10.1. The Bertz CT molecular complexity index is 4940. The van der Waals surface area contributed by atoms with Crippen molar-refractivity contribution in [3.63, 3.8) is 0 Å². The van der Waals surface area contributed by atoms with E-state index in [-0.39, 0.29) is 91.8 Å². The summed E-state index contributed by atoms with van der Waals surface area (Å²) in [5, 5.41) is 25.3. The van der Waals surface area contributed by atoms with Crippen molar-refractivity contribution in [2.45, 2.75) is 193 Å². The van der Waals surface area contributed by atoms with E-state index in [9.17, 15) is 27.6 Å². The summed E-state index contributed by atoms with van der Waals surface area (Å²) >= 11 is 0. The highest BCUT2D eigenvalue weighted by molar-refractivity contribution is 6.76. The molecule has 3 aliphatic heterocycles. The first-order chi connectivity index (χ1) is 54.3. The zero-order valence-corrected chi connectivity index (χ0v) is 70.9. The van der Waals surface area contributed by atoms with Gasteiger partial charge in [-0.05, 0) is 132 Å². The van der Waals surface area contributed by atoms with Crippen LogP contribution in [0, 0.1) is 17.5 Å². The predicted octanol–water partition coefficient (Wildman–Crippen LogP) is 14.2. The molecule has 6 atom stereocenters. The molecule has 27 nitrogen and oxygen atoms in total. The van der Waals surface area contributed by atoms with Crippen LogP contribution in [0.25, 0.3) is 100 Å². The number of nitrogens with one attached hydrogen (secondary N) is 3. The van der Waals surface area contributed by atoms with Gasteiger partial charge in [0.15, 0.2) is 16.9 Å². The summed E-state index contributed by atoms with van der Waals surface area (Å²) in [4.78, 5) is 69.0. The molecule has 3 aromatic carbocycles. The molecule has 12 heterocycles. The van der Waals surface area contributed by atoms with Crippen LogP contribution in [0.4, 0.5) is 13.2 Å². The van der Waals surface area contributed by atoms with Crippen molar-refractivity contribution in [1.29, 1.82) is 0 Å². The fourth-order valence-corrected chi connectivity index (χ4v) is 16.6. The fourth-order valence-electron chi connectivity index (χ4n) is 14.3. The summed E-state index contributed by atoms with van der Waals surface area (Å²) in [5.41, 5.74) is 9.54. The van der Waals surface area contributed by atoms with Crippen LogP contribution < -0.4 is 16.0 Å². The van der Waals surface area contributed by atoms with E-state index in [2.05, 4.69) is 105 Å². The van der Waals surface area contributed by atoms with Gasteiger partial charge in [0.2, 0.25) is 0 Å². The SMILES string of the molecule is C[C@@H](NC(=O)c1cn(COCC[Si](C)(C)C)c2ncc(-c3nn(C)c4cc(F)ccc34)nc12)C1CCCO1.C[C@@H](NC(=O)c1cn(COCC[Si](C)(C)C)c2ncc(-c3nn(C)c4cc(F)ccc34)nc12)[C@@H]1CCCO1.C[C@@H](NC(=O)c1cn(COCC[Si](C)(C)C)c2ncc(-c3nn(C)c4cc(F)ccc34)nc12)[C@H]1CCCO1. The number of ether oxygens (including phenoxy) is 6. The Hall–Kier alpha value is -9.46. The highest BCUT2D eigenvalue weighted by Crippen LogP contribution is 2.34. The Morgan fingerprint density at radius 2 is 0.719 bits per heavy atom. The van der Waals surface area contributed by atoms with Gasteiger partial charge in [0.05, 0.1) is 88.3 Å². The van der Waals surface area contributed by atoms with Crippen molar-refractivity contribution < 1.29 is 56.0 Å². The Morgan fingerprint density at radius 3 is 0.965 bits per heavy atom. The average Bonchev–Trinajstić information content (AvgIpc) is 1.61. The summed E-state index contributed by atoms with van der Waals surface area (Å²) in [6.45, 7) is 31.6. The first-order valence-corrected chi connectivity index (χ1v) is 50.4. The molecule has 0 saturated carbocycles. The Morgan fingerprint density at radius 1 is 0.447 bits per heavy atom. The van der Waals surface area contributed by atoms with Gasteiger partial charge in [-0.2, -0.15) is 15.3 Å². The van der Waals surface area contributed by atoms with E-state index in [4.69, 9.17) is 43.4 Å². The van der Waals surface area contributed by atoms with E-state index in [0.29, 0.717) is 121 Å². The molecule has 0 bridgehead atoms. The van der Waals surface area contributed by atoms with E-state index in [0.717, 1.165) is 92.6 Å². The topological polar surface area (TPSA) is 288 Å². The average molecular weight is 1620 g/mol. The van der Waals surface area contributed by atoms with Gasteiger partial charge in [-0.25, -0.2) is 43.1 Å². The minimum Gasteiger partial charge on any atom is -0.376 e. The van der Waals surface area contributed by atoms with Crippen LogP contribution in [-0.2, 0) is 69.8 Å². The zero-order chi connectivity index (χ0) is 81.1. The Balaban J connectivity index is 0.000000149. The molecule has 114 heavy (non-hydrogen) atoms. The number of amides is 3. The van der Waals surface area contributed by atoms with Crippen LogP contribution in [0.2, 0.25) is 77.1 Å². The minimum absolute atomic E-state index is 0.000813. The molecule has 3 N–H and O–H groups in total. The maximum Gasteiger partial charge on any atom is 0.255 e. The smallest absolute Gasteiger partial charge is 0.255 e. The number of rotatable bonds is 27. The quantitative estimate of drug-likeness (QED) is 0.0318. The lowest BCUT2D eigenvalue weighted by Gasteiger charge is -2.19. The van der Waals surface area contributed by atoms with Crippen molar-refractivity contribution >= 4 is 108 Å². The van der Waals surface area contributed by atoms with Gasteiger partial charge < -0.3 is 58.1 Å². The molecule has 33 heteroatoms. The minimum atomic E-state index is -1.23. The third-order valence-electron chi connectivity index (χ3n) is 20.9. The summed E-state index contributed by atoms with van der Waals surface area (Å²) in [6.07, 6.45) is 15.9. The van der Waals surface area contributed by atoms with Crippen molar-refractivity contribution in [3.8, 4) is 34.2 Å². The van der Waals surface area contributed by atoms with Crippen molar-refractivity contribution in [3.05, 3.63) is 126 Å². The van der Waals surface area contributed by atoms with Crippen molar-refractivity contribution in [2.24, 2.45) is 21.1 Å². The number of aryl methyl sites for hydroxylation is 3. The normalized spacial score (nSPS) is 16.9. The third-order valence-corrected chi connectivity index (χ3v) is 26.0. The summed E-state index contributed by atoms with van der Waals surface area (Å²) < 4.78 is 87.1. The maximum atomic E-state index is 13.9. The van der Waals surface area contributed by atoms with Gasteiger partial charge in [-0.15, -0.1) is 0 Å². The molecule has 12 aromatic rings.